The Kier molecular flexibility index (Phi) is 2.75. The maximum Gasteiger partial charge on any atom is 0.0661 e. The minimum Gasteiger partial charge on any atom is -0.241 e. The molecule has 0 aliphatic rings. The van der Waals surface area contributed by atoms with E-state index in [0.29, 0.717) is 0 Å². The Morgan fingerprint density at radius 2 is 1.28 bits per heavy atom. The van der Waals surface area contributed by atoms with Crippen molar-refractivity contribution >= 4 is 11.0 Å². The number of hydrogen-bond donors (Lipinski definition) is 0. The van der Waals surface area contributed by atoms with Gasteiger partial charge in [0.25, 0.3) is 0 Å². The molecule has 4 rings (SSSR count). The third-order valence-electron chi connectivity index (χ3n) is 2.61. The van der Waals surface area contributed by atoms with Crippen molar-refractivity contribution in [1.29, 1.82) is 0 Å². The summed E-state index contributed by atoms with van der Waals surface area (Å²) in [5.74, 6) is 0. The molecule has 0 fully saturated rings. The molecule has 0 amide bonds. The topological polar surface area (TPSA) is 34.6 Å². The maximum atomic E-state index is 4.06. The number of aromatic nitrogens is 4. The van der Waals surface area contributed by atoms with Gasteiger partial charge in [0.15, 0.2) is 0 Å². The fourth-order valence-electron chi connectivity index (χ4n) is 1.74. The molecule has 4 heterocycles. The second kappa shape index (κ2) is 4.71. The molecule has 0 aliphatic carbocycles. The van der Waals surface area contributed by atoms with Crippen molar-refractivity contribution in [2.24, 2.45) is 0 Å². The van der Waals surface area contributed by atoms with Gasteiger partial charge in [-0.25, -0.2) is 9.03 Å². The van der Waals surface area contributed by atoms with Crippen molar-refractivity contribution < 1.29 is 0 Å². The molecule has 88 valence electrons. The highest BCUT2D eigenvalue weighted by molar-refractivity contribution is 5.45. The molecule has 0 bridgehead atoms. The van der Waals surface area contributed by atoms with Crippen LogP contribution in [0.25, 0.3) is 11.0 Å². The third kappa shape index (κ3) is 2.08. The minimum atomic E-state index is 1.14. The molecule has 18 heavy (non-hydrogen) atoms. The Bertz CT molecular complexity index is 628. The molecule has 4 nitrogen and oxygen atoms in total. The fraction of sp³-hybridized carbons (Fsp3) is 0. The molecular weight excluding hydrogens is 224 g/mol. The first-order valence-corrected chi connectivity index (χ1v) is 5.70. The summed E-state index contributed by atoms with van der Waals surface area (Å²) in [6, 6.07) is 15.9. The van der Waals surface area contributed by atoms with Crippen LogP contribution in [0.1, 0.15) is 0 Å². The lowest BCUT2D eigenvalue weighted by Crippen LogP contribution is -1.84. The molecule has 0 saturated carbocycles. The van der Waals surface area contributed by atoms with Crippen LogP contribution in [0.15, 0.2) is 73.3 Å². The second-order valence-electron chi connectivity index (χ2n) is 3.80. The van der Waals surface area contributed by atoms with Gasteiger partial charge in [-0.1, -0.05) is 6.07 Å². The van der Waals surface area contributed by atoms with Crippen LogP contribution in [0.5, 0.6) is 0 Å². The van der Waals surface area contributed by atoms with Crippen molar-refractivity contribution in [3.8, 4) is 0 Å². The zero-order chi connectivity index (χ0) is 12.2. The predicted octanol–water partition coefficient (Wildman–Crippen LogP) is 2.67. The zero-order valence-corrected chi connectivity index (χ0v) is 9.72. The summed E-state index contributed by atoms with van der Waals surface area (Å²) in [7, 11) is 0. The van der Waals surface area contributed by atoms with Crippen molar-refractivity contribution in [2.75, 3.05) is 0 Å². The monoisotopic (exact) mass is 236 g/mol. The van der Waals surface area contributed by atoms with Crippen molar-refractivity contribution in [1.82, 2.24) is 19.2 Å². The van der Waals surface area contributed by atoms with E-state index in [1.165, 1.54) is 0 Å². The molecule has 0 saturated heterocycles. The lowest BCUT2D eigenvalue weighted by molar-refractivity contribution is 0.941. The lowest BCUT2D eigenvalue weighted by atomic mass is 10.4. The summed E-state index contributed by atoms with van der Waals surface area (Å²) in [6.07, 6.45) is 7.41. The van der Waals surface area contributed by atoms with Gasteiger partial charge >= 0.3 is 0 Å². The Hall–Kier alpha value is -2.62. The fourth-order valence-corrected chi connectivity index (χ4v) is 1.74. The van der Waals surface area contributed by atoms with Gasteiger partial charge in [-0.3, -0.25) is 0 Å². The van der Waals surface area contributed by atoms with E-state index in [9.17, 15) is 0 Å². The maximum absolute atomic E-state index is 4.06. The summed E-state index contributed by atoms with van der Waals surface area (Å²) in [5.41, 5.74) is 2.27. The first kappa shape index (κ1) is 10.5. The minimum absolute atomic E-state index is 1.14. The Labute approximate surface area is 104 Å². The number of nitrogens with zero attached hydrogens (tertiary/aromatic N) is 4. The third-order valence-corrected chi connectivity index (χ3v) is 2.61. The molecule has 4 aromatic heterocycles. The van der Waals surface area contributed by atoms with Crippen LogP contribution in [0.2, 0.25) is 0 Å². The molecular formula is C14H12N4. The average molecular weight is 236 g/mol. The summed E-state index contributed by atoms with van der Waals surface area (Å²) in [6.45, 7) is 0. The lowest BCUT2D eigenvalue weighted by Gasteiger charge is -1.87. The van der Waals surface area contributed by atoms with E-state index in [1.807, 2.05) is 70.0 Å². The summed E-state index contributed by atoms with van der Waals surface area (Å²) in [5, 5.41) is 8.09. The van der Waals surface area contributed by atoms with Crippen molar-refractivity contribution in [3.05, 3.63) is 73.3 Å². The average Bonchev–Trinajstić information content (AvgIpc) is 3.08. The van der Waals surface area contributed by atoms with Gasteiger partial charge in [-0.05, 0) is 42.5 Å². The Morgan fingerprint density at radius 3 is 2.17 bits per heavy atom. The van der Waals surface area contributed by atoms with Gasteiger partial charge in [0.1, 0.15) is 0 Å². The predicted molar refractivity (Wildman–Crippen MR) is 70.4 cm³/mol. The largest absolute Gasteiger partial charge is 0.241 e. The standard InChI is InChI=1S/2C7H6N2/c1-3-7-4-2-6-9(7)8-5-1;1-2-6-9-7(3-1)4-5-8-9/h2*1-6H. The highest BCUT2D eigenvalue weighted by Gasteiger charge is 1.86. The van der Waals surface area contributed by atoms with E-state index in [4.69, 9.17) is 0 Å². The van der Waals surface area contributed by atoms with E-state index < -0.39 is 0 Å². The quantitative estimate of drug-likeness (QED) is 0.470. The molecule has 0 N–H and O–H groups in total. The van der Waals surface area contributed by atoms with Crippen LogP contribution in [0.3, 0.4) is 0 Å². The first-order chi connectivity index (χ1) is 8.93. The molecule has 0 aromatic carbocycles. The van der Waals surface area contributed by atoms with Gasteiger partial charge < -0.3 is 0 Å². The number of rotatable bonds is 0. The van der Waals surface area contributed by atoms with E-state index in [2.05, 4.69) is 10.2 Å². The van der Waals surface area contributed by atoms with Gasteiger partial charge in [0.05, 0.1) is 11.0 Å². The van der Waals surface area contributed by atoms with Crippen LogP contribution in [0.4, 0.5) is 0 Å². The molecule has 0 aliphatic heterocycles. The van der Waals surface area contributed by atoms with Gasteiger partial charge in [-0.15, -0.1) is 0 Å². The smallest absolute Gasteiger partial charge is 0.0661 e. The summed E-state index contributed by atoms with van der Waals surface area (Å²) >= 11 is 0. The Morgan fingerprint density at radius 1 is 0.611 bits per heavy atom. The molecule has 0 unspecified atom stereocenters. The van der Waals surface area contributed by atoms with Crippen molar-refractivity contribution in [3.63, 3.8) is 0 Å². The normalized spacial score (nSPS) is 10.2. The highest BCUT2D eigenvalue weighted by atomic mass is 15.2. The van der Waals surface area contributed by atoms with Crippen LogP contribution in [-0.2, 0) is 0 Å². The van der Waals surface area contributed by atoms with E-state index >= 15 is 0 Å². The van der Waals surface area contributed by atoms with Gasteiger partial charge in [0.2, 0.25) is 0 Å². The summed E-state index contributed by atoms with van der Waals surface area (Å²) in [4.78, 5) is 0. The van der Waals surface area contributed by atoms with E-state index in [-0.39, 0.29) is 0 Å². The highest BCUT2D eigenvalue weighted by Crippen LogP contribution is 1.99. The van der Waals surface area contributed by atoms with Crippen LogP contribution in [0, 0.1) is 0 Å². The molecule has 4 aromatic rings. The zero-order valence-electron chi connectivity index (χ0n) is 9.72. The molecule has 4 heteroatoms. The first-order valence-electron chi connectivity index (χ1n) is 5.70. The Balaban J connectivity index is 0.000000111. The van der Waals surface area contributed by atoms with Crippen LogP contribution >= 0.6 is 0 Å². The van der Waals surface area contributed by atoms with Crippen LogP contribution in [-0.4, -0.2) is 19.2 Å². The van der Waals surface area contributed by atoms with Gasteiger partial charge in [-0.2, -0.15) is 10.2 Å². The van der Waals surface area contributed by atoms with Crippen molar-refractivity contribution in [2.45, 2.75) is 0 Å². The SMILES string of the molecule is c1ccn2nccc2c1.c1cnn2cccc2c1. The molecule has 0 radical (unpaired) electrons. The molecule has 0 atom stereocenters. The van der Waals surface area contributed by atoms with Gasteiger partial charge in [0, 0.05) is 24.8 Å². The molecule has 0 spiro atoms. The number of fused-ring (bicyclic) bond motifs is 2. The van der Waals surface area contributed by atoms with E-state index in [0.717, 1.165) is 11.0 Å². The summed E-state index contributed by atoms with van der Waals surface area (Å²) < 4.78 is 3.67. The second-order valence-corrected chi connectivity index (χ2v) is 3.80. The number of pyridine rings is 1. The van der Waals surface area contributed by atoms with E-state index in [1.54, 1.807) is 12.4 Å². The number of hydrogen-bond acceptors (Lipinski definition) is 2. The van der Waals surface area contributed by atoms with Crippen LogP contribution < -0.4 is 0 Å².